The third-order valence-electron chi connectivity index (χ3n) is 2.57. The summed E-state index contributed by atoms with van der Waals surface area (Å²) in [5.41, 5.74) is 0.0174. The van der Waals surface area contributed by atoms with Crippen molar-refractivity contribution in [3.05, 3.63) is 0 Å². The van der Waals surface area contributed by atoms with E-state index < -0.39 is 0 Å². The van der Waals surface area contributed by atoms with E-state index in [0.29, 0.717) is 6.61 Å². The van der Waals surface area contributed by atoms with E-state index in [2.05, 4.69) is 20.8 Å². The summed E-state index contributed by atoms with van der Waals surface area (Å²) in [6.45, 7) is 11.3. The summed E-state index contributed by atoms with van der Waals surface area (Å²) in [6, 6.07) is 0. The van der Waals surface area contributed by atoms with E-state index in [1.807, 2.05) is 13.8 Å². The van der Waals surface area contributed by atoms with E-state index in [0.717, 1.165) is 13.0 Å². The number of carbonyl (C=O) groups is 1. The fourth-order valence-electron chi connectivity index (χ4n) is 1.72. The van der Waals surface area contributed by atoms with Gasteiger partial charge in [0.25, 0.3) is 0 Å². The second-order valence-electron chi connectivity index (χ2n) is 5.84. The zero-order valence-corrected chi connectivity index (χ0v) is 10.4. The maximum atomic E-state index is 11.3. The summed E-state index contributed by atoms with van der Waals surface area (Å²) >= 11 is 0. The van der Waals surface area contributed by atoms with Gasteiger partial charge in [0.05, 0.1) is 24.7 Å². The molecule has 0 spiro atoms. The first-order chi connectivity index (χ1) is 6.74. The quantitative estimate of drug-likeness (QED) is 0.521. The highest BCUT2D eigenvalue weighted by molar-refractivity contribution is 5.71. The Hall–Kier alpha value is -0.570. The van der Waals surface area contributed by atoms with Gasteiger partial charge in [0, 0.05) is 5.41 Å². The lowest BCUT2D eigenvalue weighted by molar-refractivity contribution is -0.150. The van der Waals surface area contributed by atoms with Crippen molar-refractivity contribution in [3.8, 4) is 0 Å². The Kier molecular flexibility index (Phi) is 3.44. The van der Waals surface area contributed by atoms with Crippen LogP contribution in [0.3, 0.4) is 0 Å². The molecule has 88 valence electrons. The Morgan fingerprint density at radius 1 is 1.53 bits per heavy atom. The van der Waals surface area contributed by atoms with Crippen molar-refractivity contribution in [1.82, 2.24) is 0 Å². The normalized spacial score (nSPS) is 25.5. The van der Waals surface area contributed by atoms with Crippen molar-refractivity contribution in [2.45, 2.75) is 46.6 Å². The first-order valence-electron chi connectivity index (χ1n) is 5.55. The summed E-state index contributed by atoms with van der Waals surface area (Å²) in [5, 5.41) is 0. The van der Waals surface area contributed by atoms with E-state index in [9.17, 15) is 4.79 Å². The Morgan fingerprint density at radius 2 is 2.07 bits per heavy atom. The molecule has 1 aliphatic rings. The summed E-state index contributed by atoms with van der Waals surface area (Å²) in [4.78, 5) is 11.3. The SMILES string of the molecule is CC(C)C(=O)OCC(C)(C)CC1(C)CO1. The molecule has 3 nitrogen and oxygen atoms in total. The maximum Gasteiger partial charge on any atom is 0.308 e. The van der Waals surface area contributed by atoms with Crippen LogP contribution in [0.1, 0.15) is 41.0 Å². The molecule has 1 atom stereocenters. The van der Waals surface area contributed by atoms with Gasteiger partial charge in [-0.05, 0) is 13.3 Å². The third-order valence-corrected chi connectivity index (χ3v) is 2.57. The Bertz CT molecular complexity index is 239. The molecular weight excluding hydrogens is 192 g/mol. The van der Waals surface area contributed by atoms with Gasteiger partial charge in [-0.3, -0.25) is 4.79 Å². The number of ether oxygens (including phenoxy) is 2. The average Bonchev–Trinajstić information content (AvgIpc) is 2.77. The molecule has 0 radical (unpaired) electrons. The van der Waals surface area contributed by atoms with Crippen LogP contribution in [0.4, 0.5) is 0 Å². The van der Waals surface area contributed by atoms with Crippen LogP contribution in [-0.2, 0) is 14.3 Å². The molecule has 1 heterocycles. The van der Waals surface area contributed by atoms with Gasteiger partial charge in [-0.1, -0.05) is 27.7 Å². The molecule has 1 fully saturated rings. The van der Waals surface area contributed by atoms with Gasteiger partial charge in [-0.15, -0.1) is 0 Å². The van der Waals surface area contributed by atoms with Crippen LogP contribution in [0.25, 0.3) is 0 Å². The molecule has 3 heteroatoms. The lowest BCUT2D eigenvalue weighted by Gasteiger charge is -2.26. The molecule has 1 rings (SSSR count). The average molecular weight is 214 g/mol. The molecule has 0 aromatic carbocycles. The van der Waals surface area contributed by atoms with Gasteiger partial charge < -0.3 is 9.47 Å². The molecule has 0 amide bonds. The molecule has 0 aliphatic carbocycles. The Morgan fingerprint density at radius 3 is 2.47 bits per heavy atom. The molecule has 0 aromatic heterocycles. The minimum absolute atomic E-state index is 0.00417. The number of carbonyl (C=O) groups excluding carboxylic acids is 1. The van der Waals surface area contributed by atoms with Gasteiger partial charge >= 0.3 is 5.97 Å². The number of hydrogen-bond acceptors (Lipinski definition) is 3. The van der Waals surface area contributed by atoms with Crippen molar-refractivity contribution < 1.29 is 14.3 Å². The van der Waals surface area contributed by atoms with Gasteiger partial charge in [-0.2, -0.15) is 0 Å². The highest BCUT2D eigenvalue weighted by atomic mass is 16.6. The standard InChI is InChI=1S/C12H22O3/c1-9(2)10(13)14-7-11(3,4)6-12(5)8-15-12/h9H,6-8H2,1-5H3. The second-order valence-corrected chi connectivity index (χ2v) is 5.84. The van der Waals surface area contributed by atoms with E-state index >= 15 is 0 Å². The predicted octanol–water partition coefficient (Wildman–Crippen LogP) is 2.39. The fraction of sp³-hybridized carbons (Fsp3) is 0.917. The van der Waals surface area contributed by atoms with Crippen molar-refractivity contribution in [3.63, 3.8) is 0 Å². The maximum absolute atomic E-state index is 11.3. The molecule has 0 aromatic rings. The smallest absolute Gasteiger partial charge is 0.308 e. The number of epoxide rings is 1. The van der Waals surface area contributed by atoms with Crippen molar-refractivity contribution in [2.75, 3.05) is 13.2 Å². The number of hydrogen-bond donors (Lipinski definition) is 0. The van der Waals surface area contributed by atoms with Gasteiger partial charge in [-0.25, -0.2) is 0 Å². The molecule has 0 N–H and O–H groups in total. The fourth-order valence-corrected chi connectivity index (χ4v) is 1.72. The van der Waals surface area contributed by atoms with Crippen molar-refractivity contribution in [1.29, 1.82) is 0 Å². The molecular formula is C12H22O3. The predicted molar refractivity (Wildman–Crippen MR) is 58.6 cm³/mol. The van der Waals surface area contributed by atoms with E-state index in [4.69, 9.17) is 9.47 Å². The largest absolute Gasteiger partial charge is 0.465 e. The zero-order chi connectivity index (χ0) is 11.7. The second kappa shape index (κ2) is 4.12. The third kappa shape index (κ3) is 4.20. The molecule has 1 unspecified atom stereocenters. The first kappa shape index (κ1) is 12.5. The molecule has 15 heavy (non-hydrogen) atoms. The van der Waals surface area contributed by atoms with E-state index in [-0.39, 0.29) is 22.9 Å². The topological polar surface area (TPSA) is 38.8 Å². The van der Waals surface area contributed by atoms with Crippen LogP contribution in [0.15, 0.2) is 0 Å². The van der Waals surface area contributed by atoms with Gasteiger partial charge in [0.1, 0.15) is 0 Å². The Labute approximate surface area is 92.1 Å². The van der Waals surface area contributed by atoms with Crippen LogP contribution in [0.2, 0.25) is 0 Å². The summed E-state index contributed by atoms with van der Waals surface area (Å²) in [5.74, 6) is -0.168. The Balaban J connectivity index is 2.32. The number of esters is 1. The first-order valence-corrected chi connectivity index (χ1v) is 5.55. The van der Waals surface area contributed by atoms with Crippen molar-refractivity contribution >= 4 is 5.97 Å². The zero-order valence-electron chi connectivity index (χ0n) is 10.4. The molecule has 1 saturated heterocycles. The highest BCUT2D eigenvalue weighted by Crippen LogP contribution is 2.38. The van der Waals surface area contributed by atoms with Gasteiger partial charge in [0.15, 0.2) is 0 Å². The van der Waals surface area contributed by atoms with E-state index in [1.54, 1.807) is 0 Å². The lowest BCUT2D eigenvalue weighted by atomic mass is 9.84. The highest BCUT2D eigenvalue weighted by Gasteiger charge is 2.44. The summed E-state index contributed by atoms with van der Waals surface area (Å²) in [6.07, 6.45) is 0.936. The minimum Gasteiger partial charge on any atom is -0.465 e. The van der Waals surface area contributed by atoms with Crippen LogP contribution in [0, 0.1) is 11.3 Å². The van der Waals surface area contributed by atoms with Crippen LogP contribution in [0.5, 0.6) is 0 Å². The molecule has 0 bridgehead atoms. The lowest BCUT2D eigenvalue weighted by Crippen LogP contribution is -2.28. The molecule has 0 saturated carbocycles. The van der Waals surface area contributed by atoms with Crippen LogP contribution < -0.4 is 0 Å². The number of rotatable bonds is 5. The minimum atomic E-state index is -0.120. The van der Waals surface area contributed by atoms with E-state index in [1.165, 1.54) is 0 Å². The summed E-state index contributed by atoms with van der Waals surface area (Å²) < 4.78 is 10.6. The monoisotopic (exact) mass is 214 g/mol. The van der Waals surface area contributed by atoms with Crippen molar-refractivity contribution in [2.24, 2.45) is 11.3 Å². The molecule has 1 aliphatic heterocycles. The van der Waals surface area contributed by atoms with Crippen LogP contribution in [-0.4, -0.2) is 24.8 Å². The van der Waals surface area contributed by atoms with Crippen LogP contribution >= 0.6 is 0 Å². The van der Waals surface area contributed by atoms with Gasteiger partial charge in [0.2, 0.25) is 0 Å². The summed E-state index contributed by atoms with van der Waals surface area (Å²) in [7, 11) is 0.